The van der Waals surface area contributed by atoms with Gasteiger partial charge in [0.15, 0.2) is 0 Å². The number of imide groups is 1. The molecule has 1 heterocycles. The fraction of sp³-hybridized carbons (Fsp3) is 0.167. The lowest BCUT2D eigenvalue weighted by Gasteiger charge is -2.48. The molecule has 152 valence electrons. The van der Waals surface area contributed by atoms with Gasteiger partial charge >= 0.3 is 0 Å². The minimum atomic E-state index is -1.83. The van der Waals surface area contributed by atoms with Crippen molar-refractivity contribution in [2.45, 2.75) is 11.5 Å². The Hall–Kier alpha value is -4.00. The zero-order valence-corrected chi connectivity index (χ0v) is 16.1. The Kier molecular flexibility index (Phi) is 3.33. The molecule has 0 aromatic heterocycles. The number of phenolic OH excluding ortho intramolecular Hbond substituents is 1. The number of phenols is 1. The summed E-state index contributed by atoms with van der Waals surface area (Å²) in [6.45, 7) is 0. The third kappa shape index (κ3) is 1.93. The number of carbonyl (C=O) groups excluding carboxylic acids is 2. The lowest BCUT2D eigenvalue weighted by molar-refractivity contribution is -0.578. The van der Waals surface area contributed by atoms with Crippen LogP contribution in [-0.2, 0) is 15.1 Å². The van der Waals surface area contributed by atoms with Crippen LogP contribution in [0.3, 0.4) is 0 Å². The molecule has 7 nitrogen and oxygen atoms in total. The van der Waals surface area contributed by atoms with Gasteiger partial charge in [-0.3, -0.25) is 19.7 Å². The summed E-state index contributed by atoms with van der Waals surface area (Å²) in [5.74, 6) is -3.46. The second-order valence-corrected chi connectivity index (χ2v) is 8.21. The number of carbonyl (C=O) groups is 2. The van der Waals surface area contributed by atoms with Gasteiger partial charge < -0.3 is 5.11 Å². The number of hydrogen-bond donors (Lipinski definition) is 1. The zero-order valence-electron chi connectivity index (χ0n) is 16.1. The van der Waals surface area contributed by atoms with E-state index >= 15 is 0 Å². The molecule has 1 N–H and O–H groups in total. The van der Waals surface area contributed by atoms with Crippen molar-refractivity contribution in [3.8, 4) is 5.75 Å². The fourth-order valence-electron chi connectivity index (χ4n) is 5.90. The van der Waals surface area contributed by atoms with Crippen LogP contribution in [0, 0.1) is 22.0 Å². The van der Waals surface area contributed by atoms with Crippen molar-refractivity contribution in [1.29, 1.82) is 0 Å². The first-order valence-corrected chi connectivity index (χ1v) is 9.98. The summed E-state index contributed by atoms with van der Waals surface area (Å²) in [5, 5.41) is 22.4. The highest BCUT2D eigenvalue weighted by atomic mass is 16.6. The van der Waals surface area contributed by atoms with Gasteiger partial charge in [0.1, 0.15) is 11.7 Å². The van der Waals surface area contributed by atoms with Crippen molar-refractivity contribution >= 4 is 17.5 Å². The molecule has 0 radical (unpaired) electrons. The Balaban J connectivity index is 1.67. The molecule has 3 aromatic carbocycles. The van der Waals surface area contributed by atoms with Crippen molar-refractivity contribution in [1.82, 2.24) is 0 Å². The van der Waals surface area contributed by atoms with Crippen LogP contribution < -0.4 is 4.90 Å². The zero-order chi connectivity index (χ0) is 21.5. The van der Waals surface area contributed by atoms with Crippen LogP contribution in [0.4, 0.5) is 5.69 Å². The topological polar surface area (TPSA) is 101 Å². The molecule has 2 amide bonds. The largest absolute Gasteiger partial charge is 0.508 e. The van der Waals surface area contributed by atoms with E-state index < -0.39 is 35.1 Å². The standard InChI is InChI=1S/C24H16N2O5/c27-14-11-9-13(10-12-14)25-22(28)20-19-15-5-1-3-7-17(15)24(26(30)31,21(20)23(25)29)18-8-4-2-6-16(18)19/h1-12,19-21,27H. The van der Waals surface area contributed by atoms with Gasteiger partial charge in [0.05, 0.1) is 11.6 Å². The lowest BCUT2D eigenvalue weighted by Crippen LogP contribution is -2.57. The number of amides is 2. The van der Waals surface area contributed by atoms with Gasteiger partial charge in [0.2, 0.25) is 11.8 Å². The second-order valence-electron chi connectivity index (χ2n) is 8.21. The van der Waals surface area contributed by atoms with Gasteiger partial charge in [-0.1, -0.05) is 48.5 Å². The Bertz CT molecular complexity index is 1250. The van der Waals surface area contributed by atoms with E-state index in [9.17, 15) is 24.8 Å². The summed E-state index contributed by atoms with van der Waals surface area (Å²) < 4.78 is 0. The lowest BCUT2D eigenvalue weighted by atomic mass is 9.51. The van der Waals surface area contributed by atoms with Crippen molar-refractivity contribution in [3.05, 3.63) is 105 Å². The van der Waals surface area contributed by atoms with E-state index in [0.717, 1.165) is 16.0 Å². The molecule has 2 atom stereocenters. The number of hydrogen-bond acceptors (Lipinski definition) is 5. The molecule has 1 saturated heterocycles. The van der Waals surface area contributed by atoms with E-state index in [4.69, 9.17) is 0 Å². The minimum absolute atomic E-state index is 0.00176. The van der Waals surface area contributed by atoms with Gasteiger partial charge in [-0.2, -0.15) is 0 Å². The van der Waals surface area contributed by atoms with Crippen LogP contribution in [0.1, 0.15) is 28.2 Å². The molecule has 1 aliphatic heterocycles. The predicted molar refractivity (Wildman–Crippen MR) is 110 cm³/mol. The first-order valence-electron chi connectivity index (χ1n) is 9.98. The Morgan fingerprint density at radius 3 is 1.94 bits per heavy atom. The molecule has 3 aliphatic carbocycles. The highest BCUT2D eigenvalue weighted by Gasteiger charge is 2.74. The Labute approximate surface area is 176 Å². The molecule has 31 heavy (non-hydrogen) atoms. The van der Waals surface area contributed by atoms with Crippen LogP contribution >= 0.6 is 0 Å². The monoisotopic (exact) mass is 412 g/mol. The average Bonchev–Trinajstić information content (AvgIpc) is 3.05. The van der Waals surface area contributed by atoms with E-state index in [1.807, 2.05) is 24.3 Å². The maximum atomic E-state index is 13.7. The number of rotatable bonds is 2. The summed E-state index contributed by atoms with van der Waals surface area (Å²) in [6, 6.07) is 19.9. The van der Waals surface area contributed by atoms with Crippen LogP contribution in [0.5, 0.6) is 5.75 Å². The smallest absolute Gasteiger partial charge is 0.285 e. The van der Waals surface area contributed by atoms with Crippen LogP contribution in [0.15, 0.2) is 72.8 Å². The maximum Gasteiger partial charge on any atom is 0.285 e. The van der Waals surface area contributed by atoms with E-state index in [1.165, 1.54) is 24.3 Å². The van der Waals surface area contributed by atoms with Crippen LogP contribution in [-0.4, -0.2) is 21.8 Å². The van der Waals surface area contributed by atoms with E-state index in [0.29, 0.717) is 16.8 Å². The number of nitro groups is 1. The number of anilines is 1. The van der Waals surface area contributed by atoms with Crippen LogP contribution in [0.25, 0.3) is 0 Å². The SMILES string of the molecule is O=C1C2C3c4ccccc4C([N+](=O)[O-])(c4ccccc43)C2C(=O)N1c1ccc(O)cc1. The molecule has 7 heteroatoms. The third-order valence-electron chi connectivity index (χ3n) is 6.97. The number of aromatic hydroxyl groups is 1. The Morgan fingerprint density at radius 1 is 0.839 bits per heavy atom. The molecule has 0 saturated carbocycles. The molecular formula is C24H16N2O5. The van der Waals surface area contributed by atoms with Crippen LogP contribution in [0.2, 0.25) is 0 Å². The van der Waals surface area contributed by atoms with E-state index in [-0.39, 0.29) is 10.7 Å². The van der Waals surface area contributed by atoms with Gasteiger partial charge in [-0.05, 0) is 35.4 Å². The molecule has 7 rings (SSSR count). The highest BCUT2D eigenvalue weighted by Crippen LogP contribution is 2.64. The van der Waals surface area contributed by atoms with Crippen molar-refractivity contribution in [3.63, 3.8) is 0 Å². The number of benzene rings is 3. The maximum absolute atomic E-state index is 13.7. The van der Waals surface area contributed by atoms with Crippen molar-refractivity contribution < 1.29 is 19.6 Å². The fourth-order valence-corrected chi connectivity index (χ4v) is 5.90. The first kappa shape index (κ1) is 17.8. The van der Waals surface area contributed by atoms with Crippen molar-refractivity contribution in [2.75, 3.05) is 4.90 Å². The van der Waals surface area contributed by atoms with Gasteiger partial charge in [0.25, 0.3) is 5.54 Å². The van der Waals surface area contributed by atoms with Crippen molar-refractivity contribution in [2.24, 2.45) is 11.8 Å². The summed E-state index contributed by atoms with van der Waals surface area (Å²) in [5.41, 5.74) is 0.900. The normalized spacial score (nSPS) is 27.6. The molecule has 4 aliphatic rings. The van der Waals surface area contributed by atoms with Gasteiger partial charge in [-0.15, -0.1) is 0 Å². The Morgan fingerprint density at radius 2 is 1.39 bits per heavy atom. The average molecular weight is 412 g/mol. The molecule has 2 unspecified atom stereocenters. The second kappa shape index (κ2) is 5.78. The summed E-state index contributed by atoms with van der Waals surface area (Å²) in [4.78, 5) is 40.8. The van der Waals surface area contributed by atoms with E-state index in [2.05, 4.69) is 0 Å². The summed E-state index contributed by atoms with van der Waals surface area (Å²) >= 11 is 0. The summed E-state index contributed by atoms with van der Waals surface area (Å²) in [7, 11) is 0. The first-order chi connectivity index (χ1) is 15.0. The quantitative estimate of drug-likeness (QED) is 0.396. The third-order valence-corrected chi connectivity index (χ3v) is 6.97. The molecule has 0 spiro atoms. The molecule has 1 fully saturated rings. The highest BCUT2D eigenvalue weighted by molar-refractivity contribution is 6.23. The van der Waals surface area contributed by atoms with Gasteiger partial charge in [0, 0.05) is 22.0 Å². The summed E-state index contributed by atoms with van der Waals surface area (Å²) in [6.07, 6.45) is 0. The number of nitrogens with zero attached hydrogens (tertiary/aromatic N) is 2. The molecule has 3 aromatic rings. The van der Waals surface area contributed by atoms with Gasteiger partial charge in [-0.25, -0.2) is 4.90 Å². The molecular weight excluding hydrogens is 396 g/mol. The predicted octanol–water partition coefficient (Wildman–Crippen LogP) is 3.18. The van der Waals surface area contributed by atoms with E-state index in [1.54, 1.807) is 24.3 Å². The molecule has 2 bridgehead atoms. The minimum Gasteiger partial charge on any atom is -0.508 e.